The van der Waals surface area contributed by atoms with Crippen molar-refractivity contribution in [1.82, 2.24) is 4.90 Å². The van der Waals surface area contributed by atoms with Gasteiger partial charge in [0.1, 0.15) is 0 Å². The summed E-state index contributed by atoms with van der Waals surface area (Å²) in [6.45, 7) is 2.98. The summed E-state index contributed by atoms with van der Waals surface area (Å²) in [4.78, 5) is 2.55. The van der Waals surface area contributed by atoms with Gasteiger partial charge in [0.05, 0.1) is 6.61 Å². The van der Waals surface area contributed by atoms with Crippen LogP contribution in [0, 0.1) is 5.92 Å². The van der Waals surface area contributed by atoms with E-state index < -0.39 is 0 Å². The minimum absolute atomic E-state index is 0.389. The molecule has 1 unspecified atom stereocenters. The predicted molar refractivity (Wildman–Crippen MR) is 66.4 cm³/mol. The zero-order valence-electron chi connectivity index (χ0n) is 10.5. The van der Waals surface area contributed by atoms with Crippen molar-refractivity contribution in [3.05, 3.63) is 0 Å². The lowest BCUT2D eigenvalue weighted by Gasteiger charge is -2.28. The number of methoxy groups -OCH3 is 1. The Morgan fingerprint density at radius 3 is 2.50 bits per heavy atom. The average molecular weight is 226 g/mol. The van der Waals surface area contributed by atoms with E-state index in [0.717, 1.165) is 31.7 Å². The van der Waals surface area contributed by atoms with Gasteiger partial charge < -0.3 is 10.5 Å². The Hall–Kier alpha value is -0.120. The first-order valence-electron chi connectivity index (χ1n) is 6.80. The molecule has 2 fully saturated rings. The van der Waals surface area contributed by atoms with Crippen LogP contribution in [0.25, 0.3) is 0 Å². The van der Waals surface area contributed by atoms with E-state index in [9.17, 15) is 0 Å². The smallest absolute Gasteiger partial charge is 0.0589 e. The molecule has 0 aromatic carbocycles. The van der Waals surface area contributed by atoms with Crippen molar-refractivity contribution in [3.8, 4) is 0 Å². The van der Waals surface area contributed by atoms with Gasteiger partial charge in [0.15, 0.2) is 0 Å². The number of hydrogen-bond acceptors (Lipinski definition) is 3. The van der Waals surface area contributed by atoms with Crippen LogP contribution in [-0.2, 0) is 4.74 Å². The number of nitrogens with zero attached hydrogens (tertiary/aromatic N) is 1. The van der Waals surface area contributed by atoms with Gasteiger partial charge in [0.25, 0.3) is 0 Å². The maximum Gasteiger partial charge on any atom is 0.0589 e. The highest BCUT2D eigenvalue weighted by Gasteiger charge is 2.31. The molecule has 0 aromatic rings. The molecule has 2 rings (SSSR count). The molecule has 3 nitrogen and oxygen atoms in total. The Bertz CT molecular complexity index is 200. The fraction of sp³-hybridized carbons (Fsp3) is 1.00. The minimum atomic E-state index is 0.389. The molecule has 1 atom stereocenters. The van der Waals surface area contributed by atoms with Crippen LogP contribution in [0.15, 0.2) is 0 Å². The van der Waals surface area contributed by atoms with Gasteiger partial charge in [-0.3, -0.25) is 4.90 Å². The highest BCUT2D eigenvalue weighted by atomic mass is 16.5. The van der Waals surface area contributed by atoms with E-state index in [0.29, 0.717) is 6.04 Å². The molecule has 0 saturated heterocycles. The summed E-state index contributed by atoms with van der Waals surface area (Å²) in [6, 6.07) is 1.20. The number of hydrogen-bond donors (Lipinski definition) is 1. The maximum absolute atomic E-state index is 6.33. The summed E-state index contributed by atoms with van der Waals surface area (Å²) in [5, 5.41) is 0. The third-order valence-corrected chi connectivity index (χ3v) is 4.10. The van der Waals surface area contributed by atoms with Crippen LogP contribution < -0.4 is 5.73 Å². The molecule has 0 bridgehead atoms. The maximum atomic E-state index is 6.33. The van der Waals surface area contributed by atoms with Gasteiger partial charge in [0.2, 0.25) is 0 Å². The largest absolute Gasteiger partial charge is 0.383 e. The molecule has 0 radical (unpaired) electrons. The second-order valence-electron chi connectivity index (χ2n) is 5.43. The summed E-state index contributed by atoms with van der Waals surface area (Å²) >= 11 is 0. The lowest BCUT2D eigenvalue weighted by molar-refractivity contribution is 0.133. The Morgan fingerprint density at radius 2 is 1.94 bits per heavy atom. The van der Waals surface area contributed by atoms with Crippen molar-refractivity contribution in [3.63, 3.8) is 0 Å². The first kappa shape index (κ1) is 12.3. The fourth-order valence-electron chi connectivity index (χ4n) is 2.88. The van der Waals surface area contributed by atoms with Crippen molar-refractivity contribution in [1.29, 1.82) is 0 Å². The van der Waals surface area contributed by atoms with Crippen LogP contribution in [-0.4, -0.2) is 43.8 Å². The first-order valence-corrected chi connectivity index (χ1v) is 6.80. The van der Waals surface area contributed by atoms with E-state index >= 15 is 0 Å². The molecule has 3 heteroatoms. The summed E-state index contributed by atoms with van der Waals surface area (Å²) in [5.41, 5.74) is 6.33. The molecule has 0 aromatic heterocycles. The molecule has 16 heavy (non-hydrogen) atoms. The molecule has 0 aliphatic heterocycles. The number of rotatable bonds is 7. The van der Waals surface area contributed by atoms with E-state index in [1.54, 1.807) is 7.11 Å². The van der Waals surface area contributed by atoms with Crippen molar-refractivity contribution in [2.45, 2.75) is 50.6 Å². The zero-order chi connectivity index (χ0) is 11.4. The quantitative estimate of drug-likeness (QED) is 0.717. The van der Waals surface area contributed by atoms with Gasteiger partial charge in [-0.1, -0.05) is 12.8 Å². The SMILES string of the molecule is COCCN(CC(N)C1CCCC1)C1CC1. The Kier molecular flexibility index (Phi) is 4.62. The Balaban J connectivity index is 1.74. The van der Waals surface area contributed by atoms with Crippen LogP contribution in [0.1, 0.15) is 38.5 Å². The summed E-state index contributed by atoms with van der Waals surface area (Å²) < 4.78 is 5.17. The van der Waals surface area contributed by atoms with Crippen molar-refractivity contribution >= 4 is 0 Å². The summed E-state index contributed by atoms with van der Waals surface area (Å²) in [6.07, 6.45) is 8.20. The van der Waals surface area contributed by atoms with E-state index in [2.05, 4.69) is 4.90 Å². The third kappa shape index (κ3) is 3.44. The molecule has 0 amide bonds. The molecular formula is C13H26N2O. The van der Waals surface area contributed by atoms with E-state index in [-0.39, 0.29) is 0 Å². The second kappa shape index (κ2) is 5.99. The standard InChI is InChI=1S/C13H26N2O/c1-16-9-8-15(12-6-7-12)10-13(14)11-4-2-3-5-11/h11-13H,2-10,14H2,1H3. The Morgan fingerprint density at radius 1 is 1.25 bits per heavy atom. The van der Waals surface area contributed by atoms with E-state index in [1.807, 2.05) is 0 Å². The molecular weight excluding hydrogens is 200 g/mol. The summed E-state index contributed by atoms with van der Waals surface area (Å²) in [7, 11) is 1.78. The van der Waals surface area contributed by atoms with Crippen LogP contribution in [0.2, 0.25) is 0 Å². The highest BCUT2D eigenvalue weighted by Crippen LogP contribution is 2.30. The number of nitrogens with two attached hydrogens (primary N) is 1. The lowest BCUT2D eigenvalue weighted by atomic mass is 9.98. The monoisotopic (exact) mass is 226 g/mol. The normalized spacial score (nSPS) is 24.2. The van der Waals surface area contributed by atoms with Crippen LogP contribution >= 0.6 is 0 Å². The van der Waals surface area contributed by atoms with E-state index in [1.165, 1.54) is 38.5 Å². The van der Waals surface area contributed by atoms with Crippen molar-refractivity contribution in [2.75, 3.05) is 26.8 Å². The van der Waals surface area contributed by atoms with Gasteiger partial charge in [-0.25, -0.2) is 0 Å². The molecule has 2 aliphatic rings. The van der Waals surface area contributed by atoms with Crippen molar-refractivity contribution in [2.24, 2.45) is 11.7 Å². The van der Waals surface area contributed by atoms with Gasteiger partial charge in [-0.2, -0.15) is 0 Å². The van der Waals surface area contributed by atoms with E-state index in [4.69, 9.17) is 10.5 Å². The van der Waals surface area contributed by atoms with Gasteiger partial charge in [0, 0.05) is 32.3 Å². The number of ether oxygens (including phenoxy) is 1. The minimum Gasteiger partial charge on any atom is -0.383 e. The third-order valence-electron chi connectivity index (χ3n) is 4.10. The second-order valence-corrected chi connectivity index (χ2v) is 5.43. The van der Waals surface area contributed by atoms with Crippen LogP contribution in [0.3, 0.4) is 0 Å². The highest BCUT2D eigenvalue weighted by molar-refractivity contribution is 4.88. The molecule has 0 spiro atoms. The molecule has 0 heterocycles. The molecule has 2 N–H and O–H groups in total. The van der Waals surface area contributed by atoms with Gasteiger partial charge in [-0.15, -0.1) is 0 Å². The zero-order valence-corrected chi connectivity index (χ0v) is 10.5. The first-order chi connectivity index (χ1) is 7.81. The average Bonchev–Trinajstić information content (AvgIpc) is 2.98. The summed E-state index contributed by atoms with van der Waals surface area (Å²) in [5.74, 6) is 0.781. The van der Waals surface area contributed by atoms with Gasteiger partial charge in [-0.05, 0) is 31.6 Å². The van der Waals surface area contributed by atoms with Crippen LogP contribution in [0.5, 0.6) is 0 Å². The van der Waals surface area contributed by atoms with Crippen LogP contribution in [0.4, 0.5) is 0 Å². The topological polar surface area (TPSA) is 38.5 Å². The predicted octanol–water partition coefficient (Wildman–Crippen LogP) is 1.61. The molecule has 2 aliphatic carbocycles. The Labute approximate surface area is 99.3 Å². The fourth-order valence-corrected chi connectivity index (χ4v) is 2.88. The lowest BCUT2D eigenvalue weighted by Crippen LogP contribution is -2.43. The van der Waals surface area contributed by atoms with Gasteiger partial charge >= 0.3 is 0 Å². The molecule has 94 valence electrons. The molecule has 2 saturated carbocycles. The van der Waals surface area contributed by atoms with Crippen molar-refractivity contribution < 1.29 is 4.74 Å².